The summed E-state index contributed by atoms with van der Waals surface area (Å²) in [6.45, 7) is 3.65. The molecule has 1 N–H and O–H groups in total. The molecule has 130 valence electrons. The van der Waals surface area contributed by atoms with Gasteiger partial charge in [0.15, 0.2) is 0 Å². The van der Waals surface area contributed by atoms with Crippen molar-refractivity contribution in [2.45, 2.75) is 32.4 Å². The molecule has 3 rings (SSSR count). The van der Waals surface area contributed by atoms with Gasteiger partial charge in [0.25, 0.3) is 0 Å². The smallest absolute Gasteiger partial charge is 0.320 e. The minimum absolute atomic E-state index is 0. The fourth-order valence-corrected chi connectivity index (χ4v) is 2.77. The predicted molar refractivity (Wildman–Crippen MR) is 89.2 cm³/mol. The van der Waals surface area contributed by atoms with Crippen LogP contribution in [0.15, 0.2) is 28.8 Å². The van der Waals surface area contributed by atoms with Gasteiger partial charge in [-0.3, -0.25) is 9.69 Å². The van der Waals surface area contributed by atoms with E-state index in [0.717, 1.165) is 24.3 Å². The highest BCUT2D eigenvalue weighted by Crippen LogP contribution is 2.23. The number of aromatic nitrogens is 2. The molecule has 1 aromatic carbocycles. The molecule has 1 aliphatic rings. The molecule has 1 aliphatic heterocycles. The molecule has 0 radical (unpaired) electrons. The SMILES string of the molecule is CCOc1ccc(-c2noc(CN3CCC[C@H]3C(=O)O)n2)cc1.Cl. The quantitative estimate of drug-likeness (QED) is 0.853. The van der Waals surface area contributed by atoms with E-state index in [1.807, 2.05) is 36.1 Å². The van der Waals surface area contributed by atoms with Gasteiger partial charge < -0.3 is 14.4 Å². The Kier molecular flexibility index (Phi) is 6.16. The van der Waals surface area contributed by atoms with E-state index < -0.39 is 12.0 Å². The third-order valence-electron chi connectivity index (χ3n) is 3.88. The van der Waals surface area contributed by atoms with Gasteiger partial charge in [-0.05, 0) is 50.6 Å². The van der Waals surface area contributed by atoms with Crippen LogP contribution in [0.1, 0.15) is 25.7 Å². The maximum absolute atomic E-state index is 11.2. The third-order valence-corrected chi connectivity index (χ3v) is 3.88. The van der Waals surface area contributed by atoms with E-state index in [9.17, 15) is 9.90 Å². The molecule has 2 aromatic rings. The monoisotopic (exact) mass is 353 g/mol. The molecule has 0 spiro atoms. The van der Waals surface area contributed by atoms with E-state index in [-0.39, 0.29) is 12.4 Å². The molecule has 0 bridgehead atoms. The molecule has 1 atom stereocenters. The number of aliphatic carboxylic acids is 1. The van der Waals surface area contributed by atoms with Crippen LogP contribution in [0.25, 0.3) is 11.4 Å². The number of likely N-dealkylation sites (tertiary alicyclic amines) is 1. The summed E-state index contributed by atoms with van der Waals surface area (Å²) in [5.41, 5.74) is 0.833. The lowest BCUT2D eigenvalue weighted by Gasteiger charge is -2.18. The molecule has 0 unspecified atom stereocenters. The first-order valence-electron chi connectivity index (χ1n) is 7.70. The van der Waals surface area contributed by atoms with Crippen molar-refractivity contribution in [3.05, 3.63) is 30.2 Å². The van der Waals surface area contributed by atoms with Gasteiger partial charge in [0.2, 0.25) is 11.7 Å². The lowest BCUT2D eigenvalue weighted by atomic mass is 10.2. The van der Waals surface area contributed by atoms with Crippen molar-refractivity contribution in [2.75, 3.05) is 13.2 Å². The Labute approximate surface area is 146 Å². The molecular formula is C16H20ClN3O4. The topological polar surface area (TPSA) is 88.7 Å². The van der Waals surface area contributed by atoms with Crippen molar-refractivity contribution in [3.8, 4) is 17.1 Å². The highest BCUT2D eigenvalue weighted by atomic mass is 35.5. The molecule has 1 aromatic heterocycles. The summed E-state index contributed by atoms with van der Waals surface area (Å²) in [5.74, 6) is 0.922. The van der Waals surface area contributed by atoms with Crippen LogP contribution in [0, 0.1) is 0 Å². The van der Waals surface area contributed by atoms with Crippen LogP contribution < -0.4 is 4.74 Å². The first-order chi connectivity index (χ1) is 11.2. The van der Waals surface area contributed by atoms with Crippen LogP contribution in [0.3, 0.4) is 0 Å². The summed E-state index contributed by atoms with van der Waals surface area (Å²) < 4.78 is 10.7. The minimum atomic E-state index is -0.797. The highest BCUT2D eigenvalue weighted by molar-refractivity contribution is 5.85. The molecule has 1 saturated heterocycles. The summed E-state index contributed by atoms with van der Waals surface area (Å²) in [6, 6.07) is 6.99. The Hall–Kier alpha value is -2.12. The van der Waals surface area contributed by atoms with Crippen LogP contribution in [-0.4, -0.2) is 45.3 Å². The van der Waals surface area contributed by atoms with Gasteiger partial charge in [0.1, 0.15) is 11.8 Å². The van der Waals surface area contributed by atoms with E-state index in [4.69, 9.17) is 9.26 Å². The van der Waals surface area contributed by atoms with Gasteiger partial charge >= 0.3 is 5.97 Å². The average Bonchev–Trinajstić information content (AvgIpc) is 3.18. The Morgan fingerprint density at radius 3 is 2.83 bits per heavy atom. The van der Waals surface area contributed by atoms with Crippen LogP contribution in [0.2, 0.25) is 0 Å². The molecule has 8 heteroatoms. The number of halogens is 1. The summed E-state index contributed by atoms with van der Waals surface area (Å²) in [5, 5.41) is 13.2. The Balaban J connectivity index is 0.00000208. The first-order valence-corrected chi connectivity index (χ1v) is 7.70. The van der Waals surface area contributed by atoms with Crippen LogP contribution in [-0.2, 0) is 11.3 Å². The fraction of sp³-hybridized carbons (Fsp3) is 0.438. The molecule has 2 heterocycles. The normalized spacial score (nSPS) is 17.5. The number of carbonyl (C=O) groups is 1. The van der Waals surface area contributed by atoms with Gasteiger partial charge in [-0.15, -0.1) is 12.4 Å². The fourth-order valence-electron chi connectivity index (χ4n) is 2.77. The summed E-state index contributed by atoms with van der Waals surface area (Å²) in [7, 11) is 0. The largest absolute Gasteiger partial charge is 0.494 e. The predicted octanol–water partition coefficient (Wildman–Crippen LogP) is 2.61. The maximum atomic E-state index is 11.2. The van der Waals surface area contributed by atoms with E-state index in [0.29, 0.717) is 31.3 Å². The minimum Gasteiger partial charge on any atom is -0.494 e. The van der Waals surface area contributed by atoms with E-state index in [1.165, 1.54) is 0 Å². The Morgan fingerprint density at radius 2 is 2.17 bits per heavy atom. The molecular weight excluding hydrogens is 334 g/mol. The Morgan fingerprint density at radius 1 is 1.42 bits per heavy atom. The second-order valence-electron chi connectivity index (χ2n) is 5.44. The standard InChI is InChI=1S/C16H19N3O4.ClH/c1-2-22-12-7-5-11(6-8-12)15-17-14(23-18-15)10-19-9-3-4-13(19)16(20)21;/h5-8,13H,2-4,9-10H2,1H3,(H,20,21);1H/t13-;/m0./s1. The number of hydrogen-bond acceptors (Lipinski definition) is 6. The zero-order chi connectivity index (χ0) is 16.2. The first kappa shape index (κ1) is 18.2. The van der Waals surface area contributed by atoms with Crippen molar-refractivity contribution < 1.29 is 19.2 Å². The lowest BCUT2D eigenvalue weighted by Crippen LogP contribution is -2.35. The number of hydrogen-bond donors (Lipinski definition) is 1. The van der Waals surface area contributed by atoms with Crippen LogP contribution >= 0.6 is 12.4 Å². The second-order valence-corrected chi connectivity index (χ2v) is 5.44. The maximum Gasteiger partial charge on any atom is 0.320 e. The van der Waals surface area contributed by atoms with Crippen LogP contribution in [0.4, 0.5) is 0 Å². The van der Waals surface area contributed by atoms with E-state index in [1.54, 1.807) is 0 Å². The lowest BCUT2D eigenvalue weighted by molar-refractivity contribution is -0.142. The van der Waals surface area contributed by atoms with E-state index in [2.05, 4.69) is 10.1 Å². The van der Waals surface area contributed by atoms with Gasteiger partial charge in [0, 0.05) is 5.56 Å². The van der Waals surface area contributed by atoms with Gasteiger partial charge in [-0.1, -0.05) is 5.16 Å². The molecule has 1 fully saturated rings. The molecule has 0 amide bonds. The zero-order valence-corrected chi connectivity index (χ0v) is 14.2. The number of carboxylic acid groups (broad SMARTS) is 1. The van der Waals surface area contributed by atoms with Gasteiger partial charge in [0.05, 0.1) is 13.2 Å². The number of rotatable bonds is 6. The Bertz CT molecular complexity index is 674. The highest BCUT2D eigenvalue weighted by Gasteiger charge is 2.31. The molecule has 24 heavy (non-hydrogen) atoms. The van der Waals surface area contributed by atoms with Crippen molar-refractivity contribution in [3.63, 3.8) is 0 Å². The number of benzene rings is 1. The van der Waals surface area contributed by atoms with E-state index >= 15 is 0 Å². The zero-order valence-electron chi connectivity index (χ0n) is 13.3. The van der Waals surface area contributed by atoms with Crippen molar-refractivity contribution in [1.82, 2.24) is 15.0 Å². The van der Waals surface area contributed by atoms with Crippen molar-refractivity contribution >= 4 is 18.4 Å². The summed E-state index contributed by atoms with van der Waals surface area (Å²) in [6.07, 6.45) is 1.53. The number of ether oxygens (including phenoxy) is 1. The molecule has 7 nitrogen and oxygen atoms in total. The molecule has 0 aliphatic carbocycles. The average molecular weight is 354 g/mol. The number of nitrogens with zero attached hydrogens (tertiary/aromatic N) is 3. The van der Waals surface area contributed by atoms with Gasteiger partial charge in [-0.2, -0.15) is 4.98 Å². The summed E-state index contributed by atoms with van der Waals surface area (Å²) in [4.78, 5) is 17.4. The summed E-state index contributed by atoms with van der Waals surface area (Å²) >= 11 is 0. The van der Waals surface area contributed by atoms with Crippen LogP contribution in [0.5, 0.6) is 5.75 Å². The van der Waals surface area contributed by atoms with Crippen molar-refractivity contribution in [1.29, 1.82) is 0 Å². The van der Waals surface area contributed by atoms with Gasteiger partial charge in [-0.25, -0.2) is 0 Å². The number of carboxylic acids is 1. The van der Waals surface area contributed by atoms with Crippen molar-refractivity contribution in [2.24, 2.45) is 0 Å². The molecule has 0 saturated carbocycles. The third kappa shape index (κ3) is 4.04. The second kappa shape index (κ2) is 8.12.